The molecule has 0 aromatic carbocycles. The van der Waals surface area contributed by atoms with E-state index in [2.05, 4.69) is 11.9 Å². The maximum Gasteiger partial charge on any atom is 0.243 e. The van der Waals surface area contributed by atoms with Crippen molar-refractivity contribution in [1.82, 2.24) is 5.32 Å². The molecule has 3 heteroatoms. The Morgan fingerprint density at radius 3 is 2.89 bits per heavy atom. The lowest BCUT2D eigenvalue weighted by Gasteiger charge is -1.92. The first-order chi connectivity index (χ1) is 4.31. The predicted octanol–water partition coefficient (Wildman–Crippen LogP) is -0.239. The molecule has 0 rings (SSSR count). The highest BCUT2D eigenvalue weighted by Gasteiger charge is 1.85. The summed E-state index contributed by atoms with van der Waals surface area (Å²) in [6, 6.07) is 0. The highest BCUT2D eigenvalue weighted by molar-refractivity contribution is 5.86. The third kappa shape index (κ3) is 4.61. The summed E-state index contributed by atoms with van der Waals surface area (Å²) in [5.74, 6) is -0.187. The number of rotatable bonds is 3. The fraction of sp³-hybridized carbons (Fsp3) is 0.167. The van der Waals surface area contributed by atoms with E-state index in [0.717, 1.165) is 0 Å². The van der Waals surface area contributed by atoms with Crippen molar-refractivity contribution in [2.45, 2.75) is 0 Å². The first kappa shape index (κ1) is 7.75. The molecule has 3 N–H and O–H groups in total. The number of hydrogen-bond donors (Lipinski definition) is 2. The molecule has 0 aromatic heterocycles. The topological polar surface area (TPSA) is 55.1 Å². The monoisotopic (exact) mass is 126 g/mol. The lowest BCUT2D eigenvalue weighted by atomic mass is 10.5. The first-order valence-corrected chi connectivity index (χ1v) is 2.58. The van der Waals surface area contributed by atoms with Gasteiger partial charge in [-0.3, -0.25) is 4.79 Å². The molecule has 0 saturated heterocycles. The molecule has 0 aliphatic heterocycles. The van der Waals surface area contributed by atoms with Crippen LogP contribution in [0.2, 0.25) is 0 Å². The van der Waals surface area contributed by atoms with E-state index in [1.807, 2.05) is 0 Å². The SMILES string of the molecule is C=CC(=O)NCC=CN. The van der Waals surface area contributed by atoms with Gasteiger partial charge < -0.3 is 11.1 Å². The van der Waals surface area contributed by atoms with Crippen molar-refractivity contribution >= 4 is 5.91 Å². The third-order valence-corrected chi connectivity index (χ3v) is 0.716. The van der Waals surface area contributed by atoms with Crippen molar-refractivity contribution in [2.24, 2.45) is 5.73 Å². The summed E-state index contributed by atoms with van der Waals surface area (Å²) in [4.78, 5) is 10.4. The molecule has 0 fully saturated rings. The zero-order chi connectivity index (χ0) is 7.11. The van der Waals surface area contributed by atoms with Gasteiger partial charge in [-0.1, -0.05) is 6.58 Å². The van der Waals surface area contributed by atoms with E-state index in [4.69, 9.17) is 5.73 Å². The van der Waals surface area contributed by atoms with Crippen LogP contribution in [0.5, 0.6) is 0 Å². The van der Waals surface area contributed by atoms with Crippen LogP contribution in [0.3, 0.4) is 0 Å². The van der Waals surface area contributed by atoms with Crippen LogP contribution in [-0.4, -0.2) is 12.5 Å². The van der Waals surface area contributed by atoms with Crippen LogP contribution < -0.4 is 11.1 Å². The minimum atomic E-state index is -0.187. The quantitative estimate of drug-likeness (QED) is 0.513. The lowest BCUT2D eigenvalue weighted by Crippen LogP contribution is -2.20. The molecule has 0 aromatic rings. The van der Waals surface area contributed by atoms with Crippen LogP contribution in [0.4, 0.5) is 0 Å². The number of carbonyl (C=O) groups excluding carboxylic acids is 1. The summed E-state index contributed by atoms with van der Waals surface area (Å²) in [5, 5.41) is 2.51. The Morgan fingerprint density at radius 2 is 2.44 bits per heavy atom. The molecule has 3 nitrogen and oxygen atoms in total. The van der Waals surface area contributed by atoms with Gasteiger partial charge in [0.05, 0.1) is 0 Å². The van der Waals surface area contributed by atoms with E-state index in [1.54, 1.807) is 6.08 Å². The van der Waals surface area contributed by atoms with Crippen molar-refractivity contribution in [3.05, 3.63) is 24.9 Å². The molecule has 0 unspecified atom stereocenters. The highest BCUT2D eigenvalue weighted by atomic mass is 16.1. The standard InChI is InChI=1S/C6H10N2O/c1-2-6(9)8-5-3-4-7/h2-4H,1,5,7H2,(H,8,9). The average molecular weight is 126 g/mol. The maximum absolute atomic E-state index is 10.4. The number of amides is 1. The van der Waals surface area contributed by atoms with Gasteiger partial charge in [0.15, 0.2) is 0 Å². The van der Waals surface area contributed by atoms with Crippen molar-refractivity contribution in [2.75, 3.05) is 6.54 Å². The van der Waals surface area contributed by atoms with Crippen LogP contribution in [0, 0.1) is 0 Å². The van der Waals surface area contributed by atoms with Gasteiger partial charge in [-0.15, -0.1) is 0 Å². The third-order valence-electron chi connectivity index (χ3n) is 0.716. The number of carbonyl (C=O) groups is 1. The number of nitrogens with two attached hydrogens (primary N) is 1. The van der Waals surface area contributed by atoms with E-state index < -0.39 is 0 Å². The number of hydrogen-bond acceptors (Lipinski definition) is 2. The summed E-state index contributed by atoms with van der Waals surface area (Å²) in [6.45, 7) is 3.73. The molecule has 0 heterocycles. The maximum atomic E-state index is 10.4. The summed E-state index contributed by atoms with van der Waals surface area (Å²) in [6.07, 6.45) is 4.23. The van der Waals surface area contributed by atoms with Crippen molar-refractivity contribution < 1.29 is 4.79 Å². The molecule has 1 amide bonds. The normalized spacial score (nSPS) is 9.33. The summed E-state index contributed by atoms with van der Waals surface area (Å²) >= 11 is 0. The van der Waals surface area contributed by atoms with E-state index in [1.165, 1.54) is 12.3 Å². The van der Waals surface area contributed by atoms with Gasteiger partial charge in [0.1, 0.15) is 0 Å². The van der Waals surface area contributed by atoms with E-state index in [0.29, 0.717) is 6.54 Å². The average Bonchev–Trinajstić information content (AvgIpc) is 1.89. The second-order valence-corrected chi connectivity index (χ2v) is 1.38. The molecule has 0 aliphatic carbocycles. The molecule has 50 valence electrons. The van der Waals surface area contributed by atoms with Crippen LogP contribution in [0.1, 0.15) is 0 Å². The predicted molar refractivity (Wildman–Crippen MR) is 36.5 cm³/mol. The van der Waals surface area contributed by atoms with Gasteiger partial charge in [-0.25, -0.2) is 0 Å². The smallest absolute Gasteiger partial charge is 0.243 e. The fourth-order valence-corrected chi connectivity index (χ4v) is 0.300. The van der Waals surface area contributed by atoms with E-state index in [-0.39, 0.29) is 5.91 Å². The Bertz CT molecular complexity index is 129. The fourth-order valence-electron chi connectivity index (χ4n) is 0.300. The van der Waals surface area contributed by atoms with Crippen LogP contribution in [0.15, 0.2) is 24.9 Å². The molecule has 0 aliphatic rings. The molecule has 0 radical (unpaired) electrons. The minimum absolute atomic E-state index is 0.187. The van der Waals surface area contributed by atoms with Crippen molar-refractivity contribution in [1.29, 1.82) is 0 Å². The largest absolute Gasteiger partial charge is 0.405 e. The summed E-state index contributed by atoms with van der Waals surface area (Å²) in [7, 11) is 0. The Labute approximate surface area is 54.2 Å². The highest BCUT2D eigenvalue weighted by Crippen LogP contribution is 1.66. The molecule has 9 heavy (non-hydrogen) atoms. The van der Waals surface area contributed by atoms with Gasteiger partial charge >= 0.3 is 0 Å². The summed E-state index contributed by atoms with van der Waals surface area (Å²) < 4.78 is 0. The Kier molecular flexibility index (Phi) is 4.22. The van der Waals surface area contributed by atoms with Gasteiger partial charge in [0.25, 0.3) is 0 Å². The van der Waals surface area contributed by atoms with Gasteiger partial charge in [0, 0.05) is 6.54 Å². The lowest BCUT2D eigenvalue weighted by molar-refractivity contribution is -0.116. The minimum Gasteiger partial charge on any atom is -0.405 e. The Balaban J connectivity index is 3.27. The van der Waals surface area contributed by atoms with Crippen LogP contribution in [0.25, 0.3) is 0 Å². The van der Waals surface area contributed by atoms with Crippen LogP contribution >= 0.6 is 0 Å². The van der Waals surface area contributed by atoms with E-state index in [9.17, 15) is 4.79 Å². The molecular weight excluding hydrogens is 116 g/mol. The second-order valence-electron chi connectivity index (χ2n) is 1.38. The van der Waals surface area contributed by atoms with Gasteiger partial charge in [0.2, 0.25) is 5.91 Å². The van der Waals surface area contributed by atoms with E-state index >= 15 is 0 Å². The van der Waals surface area contributed by atoms with Crippen LogP contribution in [-0.2, 0) is 4.79 Å². The molecule has 0 bridgehead atoms. The van der Waals surface area contributed by atoms with Crippen molar-refractivity contribution in [3.63, 3.8) is 0 Å². The van der Waals surface area contributed by atoms with Gasteiger partial charge in [-0.2, -0.15) is 0 Å². The molecular formula is C6H10N2O. The van der Waals surface area contributed by atoms with Crippen molar-refractivity contribution in [3.8, 4) is 0 Å². The zero-order valence-electron chi connectivity index (χ0n) is 5.13. The zero-order valence-corrected chi connectivity index (χ0v) is 5.13. The Hall–Kier alpha value is -1.25. The molecule has 0 atom stereocenters. The summed E-state index contributed by atoms with van der Waals surface area (Å²) in [5.41, 5.74) is 5.00. The van der Waals surface area contributed by atoms with Gasteiger partial charge in [-0.05, 0) is 18.4 Å². The molecule has 0 spiro atoms. The molecule has 0 saturated carbocycles. The second kappa shape index (κ2) is 4.90. The number of nitrogens with one attached hydrogen (secondary N) is 1. The first-order valence-electron chi connectivity index (χ1n) is 2.58. The Morgan fingerprint density at radius 1 is 1.78 bits per heavy atom.